The van der Waals surface area contributed by atoms with Crippen molar-refractivity contribution in [3.8, 4) is 5.88 Å². The van der Waals surface area contributed by atoms with Gasteiger partial charge in [0.15, 0.2) is 0 Å². The number of hydrogen-bond donors (Lipinski definition) is 1. The molecule has 1 N–H and O–H groups in total. The maximum Gasteiger partial charge on any atom is 0.219 e. The van der Waals surface area contributed by atoms with Crippen molar-refractivity contribution in [2.75, 3.05) is 6.61 Å². The number of ether oxygens (including phenoxy) is 1. The van der Waals surface area contributed by atoms with Crippen LogP contribution in [0.25, 0.3) is 6.08 Å². The van der Waals surface area contributed by atoms with Crippen LogP contribution >= 0.6 is 0 Å². The fourth-order valence-corrected chi connectivity index (χ4v) is 1.59. The predicted molar refractivity (Wildman–Crippen MR) is 71.1 cm³/mol. The van der Waals surface area contributed by atoms with E-state index in [1.54, 1.807) is 0 Å². The lowest BCUT2D eigenvalue weighted by molar-refractivity contribution is 0.265. The summed E-state index contributed by atoms with van der Waals surface area (Å²) in [7, 11) is 0. The van der Waals surface area contributed by atoms with Crippen LogP contribution in [0.3, 0.4) is 0 Å². The Hall–Kier alpha value is -2.20. The van der Waals surface area contributed by atoms with Crippen molar-refractivity contribution in [2.45, 2.75) is 6.61 Å². The molecule has 0 atom stereocenters. The maximum atomic E-state index is 12.9. The first-order chi connectivity index (χ1) is 9.29. The van der Waals surface area contributed by atoms with Crippen LogP contribution in [0.4, 0.5) is 4.39 Å². The van der Waals surface area contributed by atoms with Gasteiger partial charge in [0.25, 0.3) is 0 Å². The lowest BCUT2D eigenvalue weighted by Gasteiger charge is -2.06. The van der Waals surface area contributed by atoms with E-state index >= 15 is 0 Å². The number of hydrogen-bond acceptors (Lipinski definition) is 3. The van der Waals surface area contributed by atoms with Crippen molar-refractivity contribution in [3.05, 3.63) is 65.6 Å². The summed E-state index contributed by atoms with van der Waals surface area (Å²) in [4.78, 5) is 3.80. The fourth-order valence-electron chi connectivity index (χ4n) is 1.59. The zero-order chi connectivity index (χ0) is 13.5. The minimum Gasteiger partial charge on any atom is -0.473 e. The van der Waals surface area contributed by atoms with Crippen molar-refractivity contribution >= 4 is 6.08 Å². The van der Waals surface area contributed by atoms with Gasteiger partial charge in [-0.05, 0) is 17.7 Å². The minimum atomic E-state index is -0.490. The zero-order valence-electron chi connectivity index (χ0n) is 10.3. The first kappa shape index (κ1) is 13.2. The topological polar surface area (TPSA) is 42.4 Å². The van der Waals surface area contributed by atoms with Gasteiger partial charge in [0, 0.05) is 5.56 Å². The molecule has 3 nitrogen and oxygen atoms in total. The van der Waals surface area contributed by atoms with Crippen LogP contribution < -0.4 is 4.74 Å². The predicted octanol–water partition coefficient (Wildman–Crippen LogP) is 2.81. The first-order valence-electron chi connectivity index (χ1n) is 5.89. The molecule has 2 aromatic rings. The Morgan fingerprint density at radius 3 is 2.79 bits per heavy atom. The van der Waals surface area contributed by atoms with E-state index in [1.807, 2.05) is 42.5 Å². The summed E-state index contributed by atoms with van der Waals surface area (Å²) in [6, 6.07) is 11.0. The van der Waals surface area contributed by atoms with Gasteiger partial charge in [-0.15, -0.1) is 0 Å². The van der Waals surface area contributed by atoms with Gasteiger partial charge < -0.3 is 9.84 Å². The molecule has 0 radical (unpaired) electrons. The molecule has 0 aliphatic carbocycles. The molecule has 0 aliphatic heterocycles. The lowest BCUT2D eigenvalue weighted by atomic mass is 10.2. The number of halogens is 1. The minimum absolute atomic E-state index is 0.251. The van der Waals surface area contributed by atoms with Crippen LogP contribution in [0.2, 0.25) is 0 Å². The Morgan fingerprint density at radius 2 is 2.05 bits per heavy atom. The third-order valence-corrected chi connectivity index (χ3v) is 2.49. The Bertz CT molecular complexity index is 555. The van der Waals surface area contributed by atoms with Crippen LogP contribution in [-0.2, 0) is 6.61 Å². The van der Waals surface area contributed by atoms with Crippen LogP contribution in [0.1, 0.15) is 11.1 Å². The first-order valence-corrected chi connectivity index (χ1v) is 5.89. The highest BCUT2D eigenvalue weighted by Crippen LogP contribution is 2.16. The molecule has 98 valence electrons. The Labute approximate surface area is 111 Å². The molecule has 1 aromatic heterocycles. The standard InChI is InChI=1S/C15H14FNO2/c16-14-9-13(11-18)15(17-10-14)19-8-4-7-12-5-2-1-3-6-12/h1-7,9-10,18H,8,11H2/b7-4+. The monoisotopic (exact) mass is 259 g/mol. The summed E-state index contributed by atoms with van der Waals surface area (Å²) in [5, 5.41) is 9.07. The number of benzene rings is 1. The highest BCUT2D eigenvalue weighted by molar-refractivity contribution is 5.48. The normalized spacial score (nSPS) is 10.8. The highest BCUT2D eigenvalue weighted by Gasteiger charge is 2.05. The number of pyridine rings is 1. The average molecular weight is 259 g/mol. The van der Waals surface area contributed by atoms with Crippen LogP contribution in [0.5, 0.6) is 5.88 Å². The van der Waals surface area contributed by atoms with Crippen molar-refractivity contribution in [2.24, 2.45) is 0 Å². The van der Waals surface area contributed by atoms with Crippen LogP contribution in [-0.4, -0.2) is 16.7 Å². The molecule has 1 aromatic carbocycles. The van der Waals surface area contributed by atoms with E-state index in [0.29, 0.717) is 12.2 Å². The van der Waals surface area contributed by atoms with Gasteiger partial charge in [0.05, 0.1) is 12.8 Å². The molecule has 2 rings (SSSR count). The Kier molecular flexibility index (Phi) is 4.64. The van der Waals surface area contributed by atoms with Crippen LogP contribution in [0.15, 0.2) is 48.7 Å². The average Bonchev–Trinajstić information content (AvgIpc) is 2.46. The van der Waals surface area contributed by atoms with Gasteiger partial charge in [0.1, 0.15) is 12.4 Å². The number of aliphatic hydroxyl groups is 1. The summed E-state index contributed by atoms with van der Waals surface area (Å²) in [5.41, 5.74) is 1.41. The summed E-state index contributed by atoms with van der Waals surface area (Å²) >= 11 is 0. The molecule has 0 saturated carbocycles. The molecule has 0 saturated heterocycles. The van der Waals surface area contributed by atoms with Crippen molar-refractivity contribution in [1.82, 2.24) is 4.98 Å². The maximum absolute atomic E-state index is 12.9. The van der Waals surface area contributed by atoms with Gasteiger partial charge >= 0.3 is 0 Å². The Balaban J connectivity index is 1.94. The number of aliphatic hydroxyl groups excluding tert-OH is 1. The van der Waals surface area contributed by atoms with Gasteiger partial charge in [-0.25, -0.2) is 9.37 Å². The third kappa shape index (κ3) is 3.89. The van der Waals surface area contributed by atoms with Gasteiger partial charge in [-0.2, -0.15) is 0 Å². The van der Waals surface area contributed by atoms with E-state index in [4.69, 9.17) is 9.84 Å². The molecule has 1 heterocycles. The van der Waals surface area contributed by atoms with Crippen molar-refractivity contribution in [3.63, 3.8) is 0 Å². The smallest absolute Gasteiger partial charge is 0.219 e. The largest absolute Gasteiger partial charge is 0.473 e. The Morgan fingerprint density at radius 1 is 1.26 bits per heavy atom. The lowest BCUT2D eigenvalue weighted by Crippen LogP contribution is -2.01. The quantitative estimate of drug-likeness (QED) is 0.897. The van der Waals surface area contributed by atoms with E-state index in [-0.39, 0.29) is 12.5 Å². The second kappa shape index (κ2) is 6.66. The summed E-state index contributed by atoms with van der Waals surface area (Å²) in [6.07, 6.45) is 4.82. The van der Waals surface area contributed by atoms with Crippen LogP contribution in [0, 0.1) is 5.82 Å². The van der Waals surface area contributed by atoms with Crippen molar-refractivity contribution < 1.29 is 14.2 Å². The summed E-state index contributed by atoms with van der Waals surface area (Å²) in [5.74, 6) is -0.238. The second-order valence-corrected chi connectivity index (χ2v) is 3.90. The van der Waals surface area contributed by atoms with Gasteiger partial charge in [-0.1, -0.05) is 36.4 Å². The molecule has 0 spiro atoms. The van der Waals surface area contributed by atoms with E-state index in [2.05, 4.69) is 4.98 Å². The molecule has 0 aliphatic rings. The molecule has 4 heteroatoms. The van der Waals surface area contributed by atoms with Crippen molar-refractivity contribution in [1.29, 1.82) is 0 Å². The second-order valence-electron chi connectivity index (χ2n) is 3.90. The summed E-state index contributed by atoms with van der Waals surface area (Å²) in [6.45, 7) is 0.00300. The SMILES string of the molecule is OCc1cc(F)cnc1OC/C=C/c1ccccc1. The molecule has 0 unspecified atom stereocenters. The van der Waals surface area contributed by atoms with E-state index in [1.165, 1.54) is 6.07 Å². The number of rotatable bonds is 5. The summed E-state index contributed by atoms with van der Waals surface area (Å²) < 4.78 is 18.3. The van der Waals surface area contributed by atoms with E-state index < -0.39 is 5.82 Å². The molecule has 0 amide bonds. The van der Waals surface area contributed by atoms with E-state index in [0.717, 1.165) is 11.8 Å². The zero-order valence-corrected chi connectivity index (χ0v) is 10.3. The molecular weight excluding hydrogens is 245 g/mol. The third-order valence-electron chi connectivity index (χ3n) is 2.49. The van der Waals surface area contributed by atoms with E-state index in [9.17, 15) is 4.39 Å². The van der Waals surface area contributed by atoms with Gasteiger partial charge in [-0.3, -0.25) is 0 Å². The molecule has 0 fully saturated rings. The highest BCUT2D eigenvalue weighted by atomic mass is 19.1. The van der Waals surface area contributed by atoms with Gasteiger partial charge in [0.2, 0.25) is 5.88 Å². The number of aromatic nitrogens is 1. The number of nitrogens with zero attached hydrogens (tertiary/aromatic N) is 1. The fraction of sp³-hybridized carbons (Fsp3) is 0.133. The molecule has 19 heavy (non-hydrogen) atoms. The molecular formula is C15H14FNO2. The molecule has 0 bridgehead atoms.